The molecule has 2 aromatic heterocycles. The van der Waals surface area contributed by atoms with Crippen molar-refractivity contribution in [3.05, 3.63) is 33.9 Å². The second-order valence-electron chi connectivity index (χ2n) is 2.92. The van der Waals surface area contributed by atoms with Crippen molar-refractivity contribution in [3.8, 4) is 0 Å². The molecule has 15 heavy (non-hydrogen) atoms. The van der Waals surface area contributed by atoms with E-state index in [4.69, 9.17) is 4.79 Å². The zero-order chi connectivity index (χ0) is 11.4. The van der Waals surface area contributed by atoms with Crippen molar-refractivity contribution in [2.45, 2.75) is 13.8 Å². The van der Waals surface area contributed by atoms with E-state index in [1.54, 1.807) is 6.20 Å². The fourth-order valence-electron chi connectivity index (χ4n) is 1.20. The van der Waals surface area contributed by atoms with Gasteiger partial charge in [-0.2, -0.15) is 9.61 Å². The molecule has 0 bridgehead atoms. The van der Waals surface area contributed by atoms with Crippen LogP contribution in [0.5, 0.6) is 0 Å². The van der Waals surface area contributed by atoms with E-state index in [1.807, 2.05) is 13.8 Å². The summed E-state index contributed by atoms with van der Waals surface area (Å²) >= 11 is 0. The molecule has 0 radical (unpaired) electrons. The van der Waals surface area contributed by atoms with Crippen LogP contribution >= 0.6 is 0 Å². The zero-order valence-corrected chi connectivity index (χ0v) is 8.52. The quantitative estimate of drug-likeness (QED) is 0.584. The minimum Gasteiger partial charge on any atom is -0.372 e. The molecule has 80 valence electrons. The van der Waals surface area contributed by atoms with Gasteiger partial charge in [-0.05, 0) is 13.8 Å². The van der Waals surface area contributed by atoms with E-state index in [-0.39, 0.29) is 12.0 Å². The van der Waals surface area contributed by atoms with E-state index in [2.05, 4.69) is 15.8 Å². The van der Waals surface area contributed by atoms with Crippen molar-refractivity contribution in [3.63, 3.8) is 0 Å². The molecule has 0 aromatic carbocycles. The number of nitrogens with zero attached hydrogens (tertiary/aromatic N) is 2. The summed E-state index contributed by atoms with van der Waals surface area (Å²) in [6.07, 6.45) is 1.88. The highest BCUT2D eigenvalue weighted by Crippen LogP contribution is 2.07. The Labute approximate surface area is 85.7 Å². The van der Waals surface area contributed by atoms with Crippen molar-refractivity contribution in [1.29, 1.82) is 0 Å². The maximum absolute atomic E-state index is 11.2. The van der Waals surface area contributed by atoms with Gasteiger partial charge in [-0.15, -0.1) is 0 Å². The maximum Gasteiger partial charge on any atom is 0.274 e. The van der Waals surface area contributed by atoms with Gasteiger partial charge in [-0.25, -0.2) is 0 Å². The minimum atomic E-state index is -0.0973. The van der Waals surface area contributed by atoms with E-state index in [0.29, 0.717) is 0 Å². The first-order chi connectivity index (χ1) is 7.11. The van der Waals surface area contributed by atoms with Crippen molar-refractivity contribution >= 4 is 12.1 Å². The first-order valence-corrected chi connectivity index (χ1v) is 4.30. The van der Waals surface area contributed by atoms with Crippen molar-refractivity contribution in [2.24, 2.45) is 5.73 Å². The Morgan fingerprint density at radius 1 is 1.53 bits per heavy atom. The Morgan fingerprint density at radius 3 is 2.67 bits per heavy atom. The van der Waals surface area contributed by atoms with Crippen LogP contribution in [-0.4, -0.2) is 21.0 Å². The summed E-state index contributed by atoms with van der Waals surface area (Å²) in [5, 5.41) is 4.09. The number of hydrogen-bond donors (Lipinski definition) is 2. The van der Waals surface area contributed by atoms with Crippen molar-refractivity contribution < 1.29 is 4.79 Å². The highest BCUT2D eigenvalue weighted by Gasteiger charge is 2.05. The van der Waals surface area contributed by atoms with Crippen LogP contribution < -0.4 is 11.3 Å². The lowest BCUT2D eigenvalue weighted by Gasteiger charge is -1.90. The van der Waals surface area contributed by atoms with Crippen LogP contribution in [0.25, 0.3) is 5.65 Å². The molecule has 3 N–H and O–H groups in total. The predicted molar refractivity (Wildman–Crippen MR) is 55.5 cm³/mol. The van der Waals surface area contributed by atoms with E-state index >= 15 is 0 Å². The molecule has 0 saturated heterocycles. The first kappa shape index (κ1) is 11.0. The van der Waals surface area contributed by atoms with E-state index < -0.39 is 0 Å². The van der Waals surface area contributed by atoms with Gasteiger partial charge in [-0.3, -0.25) is 9.59 Å². The van der Waals surface area contributed by atoms with Crippen LogP contribution in [0.4, 0.5) is 0 Å². The Hall–Kier alpha value is -2.11. The highest BCUT2D eigenvalue weighted by molar-refractivity contribution is 5.47. The van der Waals surface area contributed by atoms with Crippen LogP contribution in [0.1, 0.15) is 11.3 Å². The summed E-state index contributed by atoms with van der Waals surface area (Å²) in [6.45, 7) is 3.82. The SMILES string of the molecule is Cc1nn2c(=O)cc[nH]c2c1C.NC=O. The number of aryl methyl sites for hydroxylation is 2. The van der Waals surface area contributed by atoms with Gasteiger partial charge >= 0.3 is 0 Å². The highest BCUT2D eigenvalue weighted by atomic mass is 16.1. The molecule has 0 unspecified atom stereocenters. The van der Waals surface area contributed by atoms with E-state index in [1.165, 1.54) is 10.6 Å². The molecule has 2 heterocycles. The molecule has 0 aliphatic carbocycles. The lowest BCUT2D eigenvalue weighted by Crippen LogP contribution is -2.12. The maximum atomic E-state index is 11.2. The third-order valence-corrected chi connectivity index (χ3v) is 2.01. The molecule has 2 aromatic rings. The molecule has 0 aliphatic rings. The smallest absolute Gasteiger partial charge is 0.274 e. The first-order valence-electron chi connectivity index (χ1n) is 4.30. The predicted octanol–water partition coefficient (Wildman–Crippen LogP) is -0.259. The van der Waals surface area contributed by atoms with Crippen LogP contribution in [-0.2, 0) is 4.79 Å². The number of carbonyl (C=O) groups excluding carboxylic acids is 1. The molecular weight excluding hydrogens is 196 g/mol. The molecular formula is C9H12N4O2. The topological polar surface area (TPSA) is 93.2 Å². The van der Waals surface area contributed by atoms with Gasteiger partial charge in [0, 0.05) is 17.8 Å². The monoisotopic (exact) mass is 208 g/mol. The summed E-state index contributed by atoms with van der Waals surface area (Å²) in [4.78, 5) is 22.8. The molecule has 0 aliphatic heterocycles. The fraction of sp³-hybridized carbons (Fsp3) is 0.222. The Kier molecular flexibility index (Phi) is 3.22. The lowest BCUT2D eigenvalue weighted by atomic mass is 10.3. The second kappa shape index (κ2) is 4.41. The standard InChI is InChI=1S/C8H9N3O.CH3NO/c1-5-6(2)10-11-7(12)3-4-9-8(5)11;2-1-3/h3-4,9H,1-2H3;1H,(H2,2,3). The molecule has 0 atom stereocenters. The Balaban J connectivity index is 0.000000337. The summed E-state index contributed by atoms with van der Waals surface area (Å²) in [7, 11) is 0. The summed E-state index contributed by atoms with van der Waals surface area (Å²) < 4.78 is 1.38. The molecule has 2 rings (SSSR count). The summed E-state index contributed by atoms with van der Waals surface area (Å²) in [5.41, 5.74) is 6.75. The van der Waals surface area contributed by atoms with Crippen LogP contribution in [0.15, 0.2) is 17.1 Å². The number of amides is 1. The molecule has 0 fully saturated rings. The zero-order valence-electron chi connectivity index (χ0n) is 8.52. The number of aromatic nitrogens is 3. The number of hydrogen-bond acceptors (Lipinski definition) is 3. The number of nitrogens with one attached hydrogen (secondary N) is 1. The van der Waals surface area contributed by atoms with Gasteiger partial charge < -0.3 is 10.7 Å². The van der Waals surface area contributed by atoms with Gasteiger partial charge in [0.25, 0.3) is 5.56 Å². The fourth-order valence-corrected chi connectivity index (χ4v) is 1.20. The second-order valence-corrected chi connectivity index (χ2v) is 2.92. The van der Waals surface area contributed by atoms with Crippen LogP contribution in [0.3, 0.4) is 0 Å². The largest absolute Gasteiger partial charge is 0.372 e. The van der Waals surface area contributed by atoms with Crippen molar-refractivity contribution in [2.75, 3.05) is 0 Å². The van der Waals surface area contributed by atoms with Gasteiger partial charge in [0.2, 0.25) is 6.41 Å². The minimum absolute atomic E-state index is 0.0973. The van der Waals surface area contributed by atoms with Gasteiger partial charge in [0.05, 0.1) is 5.69 Å². The number of carbonyl (C=O) groups is 1. The number of aromatic amines is 1. The molecule has 6 heteroatoms. The van der Waals surface area contributed by atoms with Crippen LogP contribution in [0, 0.1) is 13.8 Å². The molecule has 6 nitrogen and oxygen atoms in total. The van der Waals surface area contributed by atoms with Gasteiger partial charge in [-0.1, -0.05) is 0 Å². The van der Waals surface area contributed by atoms with Gasteiger partial charge in [0.1, 0.15) is 5.65 Å². The molecule has 1 amide bonds. The third-order valence-electron chi connectivity index (χ3n) is 2.01. The lowest BCUT2D eigenvalue weighted by molar-refractivity contribution is -0.106. The number of H-pyrrole nitrogens is 1. The summed E-state index contributed by atoms with van der Waals surface area (Å²) in [6, 6.07) is 1.46. The van der Waals surface area contributed by atoms with E-state index in [0.717, 1.165) is 16.9 Å². The number of primary amides is 1. The van der Waals surface area contributed by atoms with Crippen molar-refractivity contribution in [1.82, 2.24) is 14.6 Å². The normalized spacial score (nSPS) is 9.47. The number of nitrogens with two attached hydrogens (primary N) is 1. The van der Waals surface area contributed by atoms with E-state index in [9.17, 15) is 4.79 Å². The Morgan fingerprint density at radius 2 is 2.13 bits per heavy atom. The third kappa shape index (κ3) is 2.04. The van der Waals surface area contributed by atoms with Gasteiger partial charge in [0.15, 0.2) is 0 Å². The number of rotatable bonds is 0. The van der Waals surface area contributed by atoms with Crippen LogP contribution in [0.2, 0.25) is 0 Å². The average molecular weight is 208 g/mol. The molecule has 0 spiro atoms. The summed E-state index contributed by atoms with van der Waals surface area (Å²) in [5.74, 6) is 0. The average Bonchev–Trinajstić information content (AvgIpc) is 2.48. The molecule has 0 saturated carbocycles. The number of fused-ring (bicyclic) bond motifs is 1. The Bertz CT molecular complexity index is 526.